The van der Waals surface area contributed by atoms with Crippen molar-refractivity contribution in [1.82, 2.24) is 4.90 Å². The normalized spacial score (nSPS) is 22.2. The zero-order valence-corrected chi connectivity index (χ0v) is 11.9. The molecule has 1 saturated heterocycles. The number of nitrogens with zero attached hydrogens (tertiary/aromatic N) is 1. The van der Waals surface area contributed by atoms with Gasteiger partial charge in [0.05, 0.1) is 20.3 Å². The minimum absolute atomic E-state index is 0.180. The number of ether oxygens (including phenoxy) is 2. The lowest BCUT2D eigenvalue weighted by Crippen LogP contribution is -2.46. The predicted octanol–water partition coefficient (Wildman–Crippen LogP) is 2.57. The van der Waals surface area contributed by atoms with Crippen LogP contribution >= 0.6 is 0 Å². The maximum Gasteiger partial charge on any atom is 0.124 e. The van der Waals surface area contributed by atoms with Crippen LogP contribution in [0.15, 0.2) is 18.2 Å². The molecule has 4 nitrogen and oxygen atoms in total. The van der Waals surface area contributed by atoms with Gasteiger partial charge in [0.15, 0.2) is 0 Å². The van der Waals surface area contributed by atoms with E-state index in [1.54, 1.807) is 13.2 Å². The van der Waals surface area contributed by atoms with Gasteiger partial charge in [-0.2, -0.15) is 0 Å². The Morgan fingerprint density at radius 1 is 1.53 bits per heavy atom. The molecule has 1 heterocycles. The number of methoxy groups -OCH3 is 1. The SMILES string of the molecule is CCC1COCCN1C(C)c1ccc(OC)cc1O. The van der Waals surface area contributed by atoms with Gasteiger partial charge in [-0.05, 0) is 19.4 Å². The van der Waals surface area contributed by atoms with Crippen molar-refractivity contribution < 1.29 is 14.6 Å². The first-order valence-corrected chi connectivity index (χ1v) is 6.87. The largest absolute Gasteiger partial charge is 0.507 e. The average Bonchev–Trinajstić information content (AvgIpc) is 2.46. The van der Waals surface area contributed by atoms with Crippen molar-refractivity contribution >= 4 is 0 Å². The average molecular weight is 265 g/mol. The van der Waals surface area contributed by atoms with Crippen molar-refractivity contribution in [3.05, 3.63) is 23.8 Å². The Hall–Kier alpha value is -1.26. The molecule has 2 atom stereocenters. The molecule has 0 radical (unpaired) electrons. The number of phenols is 1. The number of morpholine rings is 1. The number of hydrogen-bond donors (Lipinski definition) is 1. The molecule has 106 valence electrons. The van der Waals surface area contributed by atoms with Crippen LogP contribution in [0.5, 0.6) is 11.5 Å². The van der Waals surface area contributed by atoms with Crippen LogP contribution in [-0.2, 0) is 4.74 Å². The van der Waals surface area contributed by atoms with Crippen molar-refractivity contribution in [1.29, 1.82) is 0 Å². The monoisotopic (exact) mass is 265 g/mol. The van der Waals surface area contributed by atoms with E-state index >= 15 is 0 Å². The highest BCUT2D eigenvalue weighted by Gasteiger charge is 2.27. The lowest BCUT2D eigenvalue weighted by Gasteiger charge is -2.39. The van der Waals surface area contributed by atoms with Gasteiger partial charge in [-0.25, -0.2) is 0 Å². The minimum Gasteiger partial charge on any atom is -0.507 e. The molecule has 0 amide bonds. The molecule has 1 aliphatic heterocycles. The summed E-state index contributed by atoms with van der Waals surface area (Å²) in [5, 5.41) is 10.1. The summed E-state index contributed by atoms with van der Waals surface area (Å²) in [4.78, 5) is 2.41. The van der Waals surface area contributed by atoms with E-state index in [1.165, 1.54) is 0 Å². The molecule has 1 aromatic carbocycles. The maximum absolute atomic E-state index is 10.1. The van der Waals surface area contributed by atoms with Crippen LogP contribution in [0.3, 0.4) is 0 Å². The van der Waals surface area contributed by atoms with Gasteiger partial charge in [0.2, 0.25) is 0 Å². The molecule has 1 aromatic rings. The van der Waals surface area contributed by atoms with Crippen molar-refractivity contribution in [2.75, 3.05) is 26.9 Å². The highest BCUT2D eigenvalue weighted by Crippen LogP contribution is 2.33. The fourth-order valence-corrected chi connectivity index (χ4v) is 2.71. The molecule has 4 heteroatoms. The summed E-state index contributed by atoms with van der Waals surface area (Å²) in [5.41, 5.74) is 0.946. The summed E-state index contributed by atoms with van der Waals surface area (Å²) >= 11 is 0. The zero-order chi connectivity index (χ0) is 13.8. The maximum atomic E-state index is 10.1. The summed E-state index contributed by atoms with van der Waals surface area (Å²) in [7, 11) is 1.60. The highest BCUT2D eigenvalue weighted by atomic mass is 16.5. The Morgan fingerprint density at radius 3 is 2.95 bits per heavy atom. The summed E-state index contributed by atoms with van der Waals surface area (Å²) in [6.07, 6.45) is 1.06. The molecule has 1 N–H and O–H groups in total. The quantitative estimate of drug-likeness (QED) is 0.908. The zero-order valence-electron chi connectivity index (χ0n) is 11.9. The second kappa shape index (κ2) is 6.26. The van der Waals surface area contributed by atoms with Gasteiger partial charge in [0.25, 0.3) is 0 Å². The summed E-state index contributed by atoms with van der Waals surface area (Å²) < 4.78 is 10.7. The smallest absolute Gasteiger partial charge is 0.124 e. The van der Waals surface area contributed by atoms with Crippen molar-refractivity contribution in [2.24, 2.45) is 0 Å². The predicted molar refractivity (Wildman–Crippen MR) is 74.7 cm³/mol. The van der Waals surface area contributed by atoms with E-state index in [-0.39, 0.29) is 6.04 Å². The summed E-state index contributed by atoms with van der Waals surface area (Å²) in [6.45, 7) is 6.75. The fourth-order valence-electron chi connectivity index (χ4n) is 2.71. The van der Waals surface area contributed by atoms with E-state index in [4.69, 9.17) is 9.47 Å². The Labute approximate surface area is 114 Å². The van der Waals surface area contributed by atoms with Crippen molar-refractivity contribution in [3.63, 3.8) is 0 Å². The number of hydrogen-bond acceptors (Lipinski definition) is 4. The van der Waals surface area contributed by atoms with Gasteiger partial charge >= 0.3 is 0 Å². The van der Waals surface area contributed by atoms with Crippen LogP contribution in [0.4, 0.5) is 0 Å². The molecule has 2 rings (SSSR count). The minimum atomic E-state index is 0.180. The fraction of sp³-hybridized carbons (Fsp3) is 0.600. The van der Waals surface area contributed by atoms with Crippen LogP contribution in [0.2, 0.25) is 0 Å². The van der Waals surface area contributed by atoms with Gasteiger partial charge in [-0.15, -0.1) is 0 Å². The van der Waals surface area contributed by atoms with Crippen molar-refractivity contribution in [3.8, 4) is 11.5 Å². The Morgan fingerprint density at radius 2 is 2.32 bits per heavy atom. The van der Waals surface area contributed by atoms with E-state index in [0.717, 1.165) is 31.7 Å². The third-order valence-electron chi connectivity index (χ3n) is 3.93. The molecule has 0 aromatic heterocycles. The molecular formula is C15H23NO3. The number of rotatable bonds is 4. The molecular weight excluding hydrogens is 242 g/mol. The van der Waals surface area contributed by atoms with Crippen LogP contribution in [0.1, 0.15) is 31.9 Å². The third kappa shape index (κ3) is 3.01. The molecule has 1 fully saturated rings. The third-order valence-corrected chi connectivity index (χ3v) is 3.93. The first-order chi connectivity index (χ1) is 9.17. The van der Waals surface area contributed by atoms with Gasteiger partial charge in [0.1, 0.15) is 11.5 Å². The molecule has 0 saturated carbocycles. The number of benzene rings is 1. The Balaban J connectivity index is 2.20. The molecule has 1 aliphatic rings. The molecule has 0 spiro atoms. The Bertz CT molecular complexity index is 422. The Kier molecular flexibility index (Phi) is 4.66. The number of aromatic hydroxyl groups is 1. The van der Waals surface area contributed by atoms with E-state index in [9.17, 15) is 5.11 Å². The second-order valence-electron chi connectivity index (χ2n) is 4.98. The lowest BCUT2D eigenvalue weighted by molar-refractivity contribution is -0.0276. The highest BCUT2D eigenvalue weighted by molar-refractivity contribution is 5.41. The van der Waals surface area contributed by atoms with E-state index in [0.29, 0.717) is 17.5 Å². The summed E-state index contributed by atoms with van der Waals surface area (Å²) in [5.74, 6) is 0.982. The first-order valence-electron chi connectivity index (χ1n) is 6.87. The van der Waals surface area contributed by atoms with Crippen LogP contribution < -0.4 is 4.74 Å². The van der Waals surface area contributed by atoms with Gasteiger partial charge in [-0.1, -0.05) is 13.0 Å². The van der Waals surface area contributed by atoms with E-state index < -0.39 is 0 Å². The van der Waals surface area contributed by atoms with Crippen LogP contribution in [0.25, 0.3) is 0 Å². The molecule has 0 bridgehead atoms. The van der Waals surface area contributed by atoms with Crippen molar-refractivity contribution in [2.45, 2.75) is 32.4 Å². The van der Waals surface area contributed by atoms with Gasteiger partial charge in [-0.3, -0.25) is 4.90 Å². The van der Waals surface area contributed by atoms with Gasteiger partial charge < -0.3 is 14.6 Å². The van der Waals surface area contributed by atoms with E-state index in [1.807, 2.05) is 12.1 Å². The van der Waals surface area contributed by atoms with Crippen LogP contribution in [-0.4, -0.2) is 42.9 Å². The van der Waals surface area contributed by atoms with Gasteiger partial charge in [0, 0.05) is 30.3 Å². The first kappa shape index (κ1) is 14.2. The molecule has 0 aliphatic carbocycles. The summed E-state index contributed by atoms with van der Waals surface area (Å²) in [6, 6.07) is 6.12. The topological polar surface area (TPSA) is 41.9 Å². The standard InChI is InChI=1S/C15H23NO3/c1-4-12-10-19-8-7-16(12)11(2)14-6-5-13(18-3)9-15(14)17/h5-6,9,11-12,17H,4,7-8,10H2,1-3H3. The van der Waals surface area contributed by atoms with Crippen LogP contribution in [0, 0.1) is 0 Å². The number of phenolic OH excluding ortho intramolecular Hbond substituents is 1. The molecule has 2 unspecified atom stereocenters. The molecule has 19 heavy (non-hydrogen) atoms. The van der Waals surface area contributed by atoms with E-state index in [2.05, 4.69) is 18.7 Å². The lowest BCUT2D eigenvalue weighted by atomic mass is 10.0. The second-order valence-corrected chi connectivity index (χ2v) is 4.98.